The van der Waals surface area contributed by atoms with Gasteiger partial charge in [-0.1, -0.05) is 36.4 Å². The lowest BCUT2D eigenvalue weighted by Crippen LogP contribution is -2.26. The van der Waals surface area contributed by atoms with E-state index in [0.717, 1.165) is 38.7 Å². The summed E-state index contributed by atoms with van der Waals surface area (Å²) in [6.45, 7) is 0.932. The van der Waals surface area contributed by atoms with Crippen LogP contribution in [0.25, 0.3) is 10.9 Å². The van der Waals surface area contributed by atoms with Crippen molar-refractivity contribution in [3.63, 3.8) is 0 Å². The van der Waals surface area contributed by atoms with Crippen LogP contribution in [-0.2, 0) is 23.6 Å². The van der Waals surface area contributed by atoms with Gasteiger partial charge in [0.25, 0.3) is 0 Å². The molecule has 156 valence electrons. The average Bonchev–Trinajstić information content (AvgIpc) is 3.44. The number of carbonyl (C=O) groups excluding carboxylic acids is 1. The van der Waals surface area contributed by atoms with Gasteiger partial charge in [-0.25, -0.2) is 4.98 Å². The van der Waals surface area contributed by atoms with Gasteiger partial charge in [0.05, 0.1) is 5.52 Å². The summed E-state index contributed by atoms with van der Waals surface area (Å²) in [6.07, 6.45) is 3.75. The molecule has 31 heavy (non-hydrogen) atoms. The standard InChI is InChI=1S/C24H21N3O3S/c28-23(26-13-18-6-7-21-22(12-18)30-16-29-21)14-27-11-9-19-20(27)8-10-25-24(19)31-15-17-4-2-1-3-5-17/h1-12H,13-16H2,(H,26,28). The molecule has 3 heterocycles. The highest BCUT2D eigenvalue weighted by molar-refractivity contribution is 7.98. The Hall–Kier alpha value is -3.45. The molecule has 1 N–H and O–H groups in total. The number of thioether (sulfide) groups is 1. The molecular formula is C24H21N3O3S. The largest absolute Gasteiger partial charge is 0.454 e. The van der Waals surface area contributed by atoms with Gasteiger partial charge in [-0.2, -0.15) is 0 Å². The Kier molecular flexibility index (Phi) is 5.50. The topological polar surface area (TPSA) is 65.4 Å². The molecule has 0 unspecified atom stereocenters. The number of aromatic nitrogens is 2. The van der Waals surface area contributed by atoms with Gasteiger partial charge in [0.2, 0.25) is 12.7 Å². The third kappa shape index (κ3) is 4.36. The van der Waals surface area contributed by atoms with Gasteiger partial charge in [-0.3, -0.25) is 4.79 Å². The number of pyridine rings is 1. The van der Waals surface area contributed by atoms with E-state index >= 15 is 0 Å². The van der Waals surface area contributed by atoms with Crippen molar-refractivity contribution in [1.29, 1.82) is 0 Å². The molecule has 4 aromatic rings. The molecule has 0 atom stereocenters. The molecular weight excluding hydrogens is 410 g/mol. The first-order valence-electron chi connectivity index (χ1n) is 10.0. The van der Waals surface area contributed by atoms with Crippen molar-refractivity contribution in [3.05, 3.63) is 84.2 Å². The molecule has 0 saturated carbocycles. The lowest BCUT2D eigenvalue weighted by molar-refractivity contribution is -0.121. The molecule has 5 rings (SSSR count). The lowest BCUT2D eigenvalue weighted by atomic mass is 10.2. The minimum Gasteiger partial charge on any atom is -0.454 e. The molecule has 1 amide bonds. The first kappa shape index (κ1) is 19.5. The Bertz CT molecular complexity index is 1220. The van der Waals surface area contributed by atoms with Crippen molar-refractivity contribution in [2.45, 2.75) is 23.9 Å². The number of ether oxygens (including phenoxy) is 2. The van der Waals surface area contributed by atoms with Crippen molar-refractivity contribution in [2.75, 3.05) is 6.79 Å². The minimum atomic E-state index is -0.0505. The van der Waals surface area contributed by atoms with Gasteiger partial charge < -0.3 is 19.4 Å². The average molecular weight is 432 g/mol. The van der Waals surface area contributed by atoms with Crippen LogP contribution in [0.5, 0.6) is 11.5 Å². The zero-order valence-corrected chi connectivity index (χ0v) is 17.6. The van der Waals surface area contributed by atoms with Crippen molar-refractivity contribution < 1.29 is 14.3 Å². The quantitative estimate of drug-likeness (QED) is 0.440. The summed E-state index contributed by atoms with van der Waals surface area (Å²) < 4.78 is 12.7. The van der Waals surface area contributed by atoms with Crippen LogP contribution in [0.4, 0.5) is 0 Å². The van der Waals surface area contributed by atoms with E-state index in [1.54, 1.807) is 18.0 Å². The first-order chi connectivity index (χ1) is 15.3. The third-order valence-electron chi connectivity index (χ3n) is 5.12. The van der Waals surface area contributed by atoms with E-state index in [1.165, 1.54) is 5.56 Å². The first-order valence-corrected chi connectivity index (χ1v) is 11.0. The predicted molar refractivity (Wildman–Crippen MR) is 120 cm³/mol. The molecule has 2 aromatic carbocycles. The van der Waals surface area contributed by atoms with E-state index in [1.807, 2.05) is 59.3 Å². The number of hydrogen-bond donors (Lipinski definition) is 1. The van der Waals surface area contributed by atoms with E-state index in [4.69, 9.17) is 9.47 Å². The number of benzene rings is 2. The van der Waals surface area contributed by atoms with Gasteiger partial charge in [-0.15, -0.1) is 11.8 Å². The number of nitrogens with zero attached hydrogens (tertiary/aromatic N) is 2. The van der Waals surface area contributed by atoms with E-state index in [-0.39, 0.29) is 19.2 Å². The molecule has 6 nitrogen and oxygen atoms in total. The number of fused-ring (bicyclic) bond motifs is 2. The zero-order valence-electron chi connectivity index (χ0n) is 16.8. The molecule has 2 aromatic heterocycles. The summed E-state index contributed by atoms with van der Waals surface area (Å²) in [6, 6.07) is 20.0. The number of hydrogen-bond acceptors (Lipinski definition) is 5. The fourth-order valence-corrected chi connectivity index (χ4v) is 4.50. The molecule has 0 bridgehead atoms. The molecule has 0 radical (unpaired) electrons. The SMILES string of the molecule is O=C(Cn1ccc2c(SCc3ccccc3)nccc21)NCc1ccc2c(c1)OCO2. The fourth-order valence-electron chi connectivity index (χ4n) is 3.54. The summed E-state index contributed by atoms with van der Waals surface area (Å²) in [7, 11) is 0. The second kappa shape index (κ2) is 8.73. The molecule has 0 spiro atoms. The lowest BCUT2D eigenvalue weighted by Gasteiger charge is -2.09. The maximum atomic E-state index is 12.5. The summed E-state index contributed by atoms with van der Waals surface area (Å²) >= 11 is 1.71. The number of amides is 1. The molecule has 0 aliphatic carbocycles. The van der Waals surface area contributed by atoms with Crippen LogP contribution >= 0.6 is 11.8 Å². The van der Waals surface area contributed by atoms with Gasteiger partial charge in [-0.05, 0) is 35.4 Å². The van der Waals surface area contributed by atoms with Crippen LogP contribution in [0, 0.1) is 0 Å². The van der Waals surface area contributed by atoms with Gasteiger partial charge >= 0.3 is 0 Å². The van der Waals surface area contributed by atoms with E-state index in [2.05, 4.69) is 22.4 Å². The maximum Gasteiger partial charge on any atom is 0.240 e. The molecule has 0 saturated heterocycles. The second-order valence-electron chi connectivity index (χ2n) is 7.23. The van der Waals surface area contributed by atoms with Crippen molar-refractivity contribution in [3.8, 4) is 11.5 Å². The number of carbonyl (C=O) groups is 1. The molecule has 7 heteroatoms. The molecule has 1 aliphatic rings. The molecule has 1 aliphatic heterocycles. The summed E-state index contributed by atoms with van der Waals surface area (Å²) in [4.78, 5) is 17.1. The Labute approximate surface area is 184 Å². The Morgan fingerprint density at radius 2 is 1.90 bits per heavy atom. The van der Waals surface area contributed by atoms with Crippen LogP contribution in [0.3, 0.4) is 0 Å². The normalized spacial score (nSPS) is 12.3. The van der Waals surface area contributed by atoms with Crippen molar-refractivity contribution in [1.82, 2.24) is 14.9 Å². The Morgan fingerprint density at radius 3 is 2.81 bits per heavy atom. The smallest absolute Gasteiger partial charge is 0.240 e. The highest BCUT2D eigenvalue weighted by Crippen LogP contribution is 2.32. The maximum absolute atomic E-state index is 12.5. The zero-order chi connectivity index (χ0) is 21.0. The van der Waals surface area contributed by atoms with E-state index in [0.29, 0.717) is 6.54 Å². The van der Waals surface area contributed by atoms with Crippen LogP contribution in [0.1, 0.15) is 11.1 Å². The van der Waals surface area contributed by atoms with Gasteiger partial charge in [0.1, 0.15) is 11.6 Å². The summed E-state index contributed by atoms with van der Waals surface area (Å²) in [5.41, 5.74) is 3.23. The highest BCUT2D eigenvalue weighted by atomic mass is 32.2. The van der Waals surface area contributed by atoms with Crippen LogP contribution in [-0.4, -0.2) is 22.3 Å². The minimum absolute atomic E-state index is 0.0505. The van der Waals surface area contributed by atoms with Crippen molar-refractivity contribution >= 4 is 28.6 Å². The molecule has 0 fully saturated rings. The van der Waals surface area contributed by atoms with E-state index < -0.39 is 0 Å². The Morgan fingerprint density at radius 1 is 1.03 bits per heavy atom. The summed E-state index contributed by atoms with van der Waals surface area (Å²) in [5.74, 6) is 2.26. The van der Waals surface area contributed by atoms with E-state index in [9.17, 15) is 4.79 Å². The fraction of sp³-hybridized carbons (Fsp3) is 0.167. The van der Waals surface area contributed by atoms with Crippen LogP contribution in [0.15, 0.2) is 78.1 Å². The predicted octanol–water partition coefficient (Wildman–Crippen LogP) is 4.37. The highest BCUT2D eigenvalue weighted by Gasteiger charge is 2.14. The Balaban J connectivity index is 1.23. The second-order valence-corrected chi connectivity index (χ2v) is 8.20. The van der Waals surface area contributed by atoms with Crippen molar-refractivity contribution in [2.24, 2.45) is 0 Å². The number of rotatable bonds is 7. The third-order valence-corrected chi connectivity index (χ3v) is 6.20. The van der Waals surface area contributed by atoms with Crippen LogP contribution < -0.4 is 14.8 Å². The summed E-state index contributed by atoms with van der Waals surface area (Å²) in [5, 5.41) is 5.01. The monoisotopic (exact) mass is 431 g/mol. The van der Waals surface area contributed by atoms with Gasteiger partial charge in [0.15, 0.2) is 11.5 Å². The van der Waals surface area contributed by atoms with Gasteiger partial charge in [0, 0.05) is 30.1 Å². The van der Waals surface area contributed by atoms with Crippen LogP contribution in [0.2, 0.25) is 0 Å². The number of nitrogens with one attached hydrogen (secondary N) is 1.